The average molecular weight is 662 g/mol. The molecule has 0 aromatic heterocycles. The van der Waals surface area contributed by atoms with Crippen LogP contribution in [-0.4, -0.2) is 52.3 Å². The molecule has 1 aliphatic rings. The third kappa shape index (κ3) is 9.77. The first-order chi connectivity index (χ1) is 21.6. The minimum Gasteiger partial charge on any atom is -0.497 e. The van der Waals surface area contributed by atoms with Gasteiger partial charge in [0.15, 0.2) is 16.5 Å². The van der Waals surface area contributed by atoms with Crippen LogP contribution < -0.4 is 35.5 Å². The van der Waals surface area contributed by atoms with E-state index in [-0.39, 0.29) is 36.2 Å². The van der Waals surface area contributed by atoms with E-state index in [1.807, 2.05) is 57.2 Å². The van der Waals surface area contributed by atoms with Gasteiger partial charge in [-0.1, -0.05) is 38.1 Å². The second-order valence-electron chi connectivity index (χ2n) is 9.54. The highest BCUT2D eigenvalue weighted by atomic mass is 32.1. The molecular formula is C32H41F2N5O4S2. The number of methoxy groups -OCH3 is 2. The molecule has 244 valence electrons. The molecular weight excluding hydrogens is 621 g/mol. The number of halogens is 2. The number of nitrogens with one attached hydrogen (secondary N) is 2. The number of thiol groups is 1. The minimum atomic E-state index is -1.41. The number of nitrogens with two attached hydrogens (primary N) is 1. The highest BCUT2D eigenvalue weighted by Crippen LogP contribution is 2.40. The van der Waals surface area contributed by atoms with Gasteiger partial charge in [0.2, 0.25) is 0 Å². The van der Waals surface area contributed by atoms with Crippen LogP contribution in [0.5, 0.6) is 17.2 Å². The van der Waals surface area contributed by atoms with Crippen LogP contribution in [0.2, 0.25) is 0 Å². The Morgan fingerprint density at radius 2 is 1.87 bits per heavy atom. The number of carbonyl (C=O) groups excluding carboxylic acids is 1. The number of nitrogens with zero attached hydrogens (tertiary/aromatic N) is 2. The molecule has 1 saturated heterocycles. The molecule has 4 N–H and O–H groups in total. The number of carbonyl (C=O) groups is 1. The van der Waals surface area contributed by atoms with E-state index in [1.165, 1.54) is 12.1 Å². The van der Waals surface area contributed by atoms with E-state index in [9.17, 15) is 9.18 Å². The van der Waals surface area contributed by atoms with E-state index in [2.05, 4.69) is 28.3 Å². The van der Waals surface area contributed by atoms with Crippen molar-refractivity contribution in [3.8, 4) is 17.2 Å². The Balaban J connectivity index is 0.000000323. The third-order valence-corrected chi connectivity index (χ3v) is 7.58. The number of hydrogen-bond acceptors (Lipinski definition) is 8. The molecule has 0 radical (unpaired) electrons. The molecule has 0 saturated carbocycles. The summed E-state index contributed by atoms with van der Waals surface area (Å²) in [6.45, 7) is 7.23. The van der Waals surface area contributed by atoms with Crippen molar-refractivity contribution in [2.45, 2.75) is 43.9 Å². The smallest absolute Gasteiger partial charge is 0.298 e. The fourth-order valence-corrected chi connectivity index (χ4v) is 4.77. The second-order valence-corrected chi connectivity index (χ2v) is 10.4. The van der Waals surface area contributed by atoms with E-state index in [4.69, 9.17) is 32.2 Å². The lowest BCUT2D eigenvalue weighted by Gasteiger charge is -2.39. The van der Waals surface area contributed by atoms with E-state index in [0.717, 1.165) is 29.0 Å². The molecule has 0 amide bonds. The molecule has 1 unspecified atom stereocenters. The lowest BCUT2D eigenvalue weighted by molar-refractivity contribution is -0.120. The van der Waals surface area contributed by atoms with Gasteiger partial charge in [-0.2, -0.15) is 0 Å². The molecule has 3 aromatic carbocycles. The molecule has 45 heavy (non-hydrogen) atoms. The summed E-state index contributed by atoms with van der Waals surface area (Å²) in [6, 6.07) is 15.2. The van der Waals surface area contributed by atoms with Gasteiger partial charge in [-0.15, -0.1) is 12.6 Å². The monoisotopic (exact) mass is 661 g/mol. The Morgan fingerprint density at radius 3 is 2.44 bits per heavy atom. The second kappa shape index (κ2) is 18.1. The molecule has 9 nitrogen and oxygen atoms in total. The van der Waals surface area contributed by atoms with Crippen LogP contribution in [0.1, 0.15) is 43.5 Å². The van der Waals surface area contributed by atoms with Crippen molar-refractivity contribution in [1.29, 1.82) is 0 Å². The van der Waals surface area contributed by atoms with Crippen molar-refractivity contribution >= 4 is 48.5 Å². The predicted molar refractivity (Wildman–Crippen MR) is 182 cm³/mol. The van der Waals surface area contributed by atoms with Crippen molar-refractivity contribution in [3.05, 3.63) is 77.1 Å². The highest BCUT2D eigenvalue weighted by Gasteiger charge is 2.41. The van der Waals surface area contributed by atoms with Gasteiger partial charge in [0.25, 0.3) is 6.47 Å². The maximum atomic E-state index is 15.0. The standard InChI is InChI=1S/C19H20F2N2O2S.C11H15N3O2S.C2H6/c1-12(13-5-3-4-6-14(13)19(21)9-22-10-19)23(2)16-7-15(20)18(26)8-17(16)25-11-24;1-15-9-4-3-8(10(5-9)16-2)6-13-11(17)14-7-12;1-2/h3-8,11-12,22,26H,9-10H2,1-2H3;3-5,7H,6H2,1-2H3,(H3,12,13,14,17);1-2H3. The molecule has 1 aliphatic heterocycles. The van der Waals surface area contributed by atoms with Crippen LogP contribution >= 0.6 is 24.8 Å². The van der Waals surface area contributed by atoms with Gasteiger partial charge in [0.05, 0.1) is 32.3 Å². The number of hydrogen-bond donors (Lipinski definition) is 4. The zero-order valence-electron chi connectivity index (χ0n) is 26.3. The first-order valence-electron chi connectivity index (χ1n) is 14.2. The summed E-state index contributed by atoms with van der Waals surface area (Å²) in [7, 11) is 4.96. The summed E-state index contributed by atoms with van der Waals surface area (Å²) in [6.07, 6.45) is 1.15. The molecule has 4 rings (SSSR count). The van der Waals surface area contributed by atoms with E-state index < -0.39 is 11.5 Å². The molecule has 1 heterocycles. The summed E-state index contributed by atoms with van der Waals surface area (Å²) in [5.74, 6) is 1.14. The highest BCUT2D eigenvalue weighted by molar-refractivity contribution is 7.80. The SMILES string of the molecule is CC.CC(c1ccccc1C1(F)CNC1)N(C)c1cc(F)c(S)cc1OC=O.COc1ccc(CNC(=S)/N=C\N)c(OC)c1. The lowest BCUT2D eigenvalue weighted by Crippen LogP contribution is -2.54. The van der Waals surface area contributed by atoms with Gasteiger partial charge in [-0.05, 0) is 48.5 Å². The van der Waals surface area contributed by atoms with Crippen molar-refractivity contribution in [2.24, 2.45) is 10.7 Å². The number of anilines is 1. The van der Waals surface area contributed by atoms with Crippen LogP contribution in [0.25, 0.3) is 0 Å². The third-order valence-electron chi connectivity index (χ3n) is 6.98. The molecule has 1 atom stereocenters. The average Bonchev–Trinajstić information content (AvgIpc) is 3.05. The van der Waals surface area contributed by atoms with Gasteiger partial charge >= 0.3 is 0 Å². The number of rotatable bonds is 10. The molecule has 0 bridgehead atoms. The number of alkyl halides is 1. The van der Waals surface area contributed by atoms with Gasteiger partial charge in [0, 0.05) is 49.3 Å². The molecule has 13 heteroatoms. The number of benzene rings is 3. The molecule has 3 aromatic rings. The zero-order valence-corrected chi connectivity index (χ0v) is 28.0. The van der Waals surface area contributed by atoms with Crippen LogP contribution in [0.3, 0.4) is 0 Å². The largest absolute Gasteiger partial charge is 0.497 e. The maximum absolute atomic E-state index is 15.0. The van der Waals surface area contributed by atoms with Crippen molar-refractivity contribution < 1.29 is 27.8 Å². The number of ether oxygens (including phenoxy) is 3. The fraction of sp³-hybridized carbons (Fsp3) is 0.344. The predicted octanol–water partition coefficient (Wildman–Crippen LogP) is 5.71. The molecule has 0 aliphatic carbocycles. The molecule has 1 fully saturated rings. The van der Waals surface area contributed by atoms with Crippen molar-refractivity contribution in [3.63, 3.8) is 0 Å². The Labute approximate surface area is 274 Å². The quantitative estimate of drug-likeness (QED) is 0.0715. The summed E-state index contributed by atoms with van der Waals surface area (Å²) < 4.78 is 44.4. The molecule has 0 spiro atoms. The summed E-state index contributed by atoms with van der Waals surface area (Å²) in [5, 5.41) is 6.24. The minimum absolute atomic E-state index is 0.0790. The topological polar surface area (TPSA) is 110 Å². The van der Waals surface area contributed by atoms with Crippen molar-refractivity contribution in [2.75, 3.05) is 39.3 Å². The summed E-state index contributed by atoms with van der Waals surface area (Å²) in [5.41, 5.74) is 6.48. The Hall–Kier alpha value is -3.94. The first kappa shape index (κ1) is 37.2. The van der Waals surface area contributed by atoms with Gasteiger partial charge in [0.1, 0.15) is 17.3 Å². The summed E-state index contributed by atoms with van der Waals surface area (Å²) in [4.78, 5) is 16.4. The van der Waals surface area contributed by atoms with E-state index in [0.29, 0.717) is 22.9 Å². The van der Waals surface area contributed by atoms with Crippen LogP contribution in [0.4, 0.5) is 14.5 Å². The van der Waals surface area contributed by atoms with Crippen LogP contribution in [-0.2, 0) is 17.0 Å². The van der Waals surface area contributed by atoms with E-state index in [1.54, 1.807) is 32.2 Å². The first-order valence-corrected chi connectivity index (χ1v) is 15.0. The number of aliphatic imine (C=N–C) groups is 1. The Morgan fingerprint density at radius 1 is 1.18 bits per heavy atom. The zero-order chi connectivity index (χ0) is 33.6. The van der Waals surface area contributed by atoms with Gasteiger partial charge in [-0.25, -0.2) is 13.8 Å². The van der Waals surface area contributed by atoms with Crippen LogP contribution in [0.15, 0.2) is 64.5 Å². The Bertz CT molecular complexity index is 1460. The Kier molecular flexibility index (Phi) is 15.0. The van der Waals surface area contributed by atoms with E-state index >= 15 is 4.39 Å². The van der Waals surface area contributed by atoms with Gasteiger partial charge in [-0.3, -0.25) is 4.79 Å². The van der Waals surface area contributed by atoms with Crippen molar-refractivity contribution in [1.82, 2.24) is 10.6 Å². The summed E-state index contributed by atoms with van der Waals surface area (Å²) >= 11 is 8.95. The lowest BCUT2D eigenvalue weighted by atomic mass is 9.84. The van der Waals surface area contributed by atoms with Crippen LogP contribution in [0, 0.1) is 5.82 Å². The fourth-order valence-electron chi connectivity index (χ4n) is 4.46. The normalized spacial score (nSPS) is 13.5. The van der Waals surface area contributed by atoms with Gasteiger partial charge < -0.3 is 35.5 Å². The number of thiocarbonyl (C=S) groups is 1. The maximum Gasteiger partial charge on any atom is 0.298 e.